The van der Waals surface area contributed by atoms with Crippen molar-refractivity contribution in [2.45, 2.75) is 33.9 Å². The van der Waals surface area contributed by atoms with Gasteiger partial charge in [0.15, 0.2) is 0 Å². The van der Waals surface area contributed by atoms with Gasteiger partial charge in [-0.15, -0.1) is 0 Å². The maximum absolute atomic E-state index is 5.64. The molecule has 0 heterocycles. The highest BCUT2D eigenvalue weighted by Crippen LogP contribution is 2.19. The molecule has 2 nitrogen and oxygen atoms in total. The van der Waals surface area contributed by atoms with Gasteiger partial charge in [0, 0.05) is 17.6 Å². The Hall–Kier alpha value is -0.380. The summed E-state index contributed by atoms with van der Waals surface area (Å²) in [6.07, 6.45) is 0. The van der Waals surface area contributed by atoms with Crippen molar-refractivity contribution in [3.05, 3.63) is 33.8 Å². The Morgan fingerprint density at radius 3 is 2.71 bits per heavy atom. The third kappa shape index (κ3) is 5.66. The van der Waals surface area contributed by atoms with E-state index in [1.54, 1.807) is 0 Å². The molecule has 0 fully saturated rings. The van der Waals surface area contributed by atoms with Crippen molar-refractivity contribution in [3.8, 4) is 0 Å². The molecular formula is C14H22BrNO. The van der Waals surface area contributed by atoms with Crippen molar-refractivity contribution in [1.29, 1.82) is 0 Å². The standard InChI is InChI=1S/C14H22BrNO/c1-4-16-8-12-5-6-13(14(15)7-12)10-17-9-11(2)3/h5-7,11,16H,4,8-10H2,1-3H3. The van der Waals surface area contributed by atoms with Gasteiger partial charge < -0.3 is 10.1 Å². The van der Waals surface area contributed by atoms with Crippen LogP contribution in [0.1, 0.15) is 31.9 Å². The van der Waals surface area contributed by atoms with Crippen LogP contribution >= 0.6 is 15.9 Å². The SMILES string of the molecule is CCNCc1ccc(COCC(C)C)c(Br)c1. The topological polar surface area (TPSA) is 21.3 Å². The van der Waals surface area contributed by atoms with E-state index in [1.165, 1.54) is 11.1 Å². The van der Waals surface area contributed by atoms with Crippen LogP contribution < -0.4 is 5.32 Å². The highest BCUT2D eigenvalue weighted by Gasteiger charge is 2.02. The Labute approximate surface area is 113 Å². The number of halogens is 1. The molecule has 0 aliphatic heterocycles. The van der Waals surface area contributed by atoms with Crippen LogP contribution in [0.3, 0.4) is 0 Å². The zero-order chi connectivity index (χ0) is 12.7. The lowest BCUT2D eigenvalue weighted by molar-refractivity contribution is 0.0967. The lowest BCUT2D eigenvalue weighted by Gasteiger charge is -2.10. The van der Waals surface area contributed by atoms with Crippen LogP contribution in [-0.4, -0.2) is 13.2 Å². The van der Waals surface area contributed by atoms with Crippen molar-refractivity contribution in [1.82, 2.24) is 5.32 Å². The van der Waals surface area contributed by atoms with E-state index >= 15 is 0 Å². The van der Waals surface area contributed by atoms with Gasteiger partial charge in [-0.3, -0.25) is 0 Å². The Balaban J connectivity index is 2.50. The molecule has 1 rings (SSSR count). The summed E-state index contributed by atoms with van der Waals surface area (Å²) in [6.45, 7) is 9.84. The van der Waals surface area contributed by atoms with Crippen LogP contribution in [0.4, 0.5) is 0 Å². The second kappa shape index (κ2) is 7.85. The second-order valence-corrected chi connectivity index (χ2v) is 5.47. The van der Waals surface area contributed by atoms with Crippen LogP contribution in [0.5, 0.6) is 0 Å². The normalized spacial score (nSPS) is 11.1. The van der Waals surface area contributed by atoms with Crippen LogP contribution in [0.15, 0.2) is 22.7 Å². The van der Waals surface area contributed by atoms with Gasteiger partial charge in [0.25, 0.3) is 0 Å². The zero-order valence-corrected chi connectivity index (χ0v) is 12.5. The van der Waals surface area contributed by atoms with Crippen molar-refractivity contribution < 1.29 is 4.74 Å². The molecule has 0 amide bonds. The third-order valence-corrected chi connectivity index (χ3v) is 3.14. The number of nitrogens with one attached hydrogen (secondary N) is 1. The molecule has 1 aromatic carbocycles. The van der Waals surface area contributed by atoms with E-state index in [-0.39, 0.29) is 0 Å². The van der Waals surface area contributed by atoms with E-state index in [4.69, 9.17) is 4.74 Å². The summed E-state index contributed by atoms with van der Waals surface area (Å²) in [4.78, 5) is 0. The number of rotatable bonds is 7. The van der Waals surface area contributed by atoms with Gasteiger partial charge in [-0.25, -0.2) is 0 Å². The maximum atomic E-state index is 5.64. The van der Waals surface area contributed by atoms with Crippen molar-refractivity contribution in [3.63, 3.8) is 0 Å². The monoisotopic (exact) mass is 299 g/mol. The Kier molecular flexibility index (Phi) is 6.78. The van der Waals surface area contributed by atoms with Crippen molar-refractivity contribution in [2.24, 2.45) is 5.92 Å². The van der Waals surface area contributed by atoms with Gasteiger partial charge in [-0.1, -0.05) is 48.8 Å². The minimum Gasteiger partial charge on any atom is -0.376 e. The molecule has 0 saturated carbocycles. The largest absolute Gasteiger partial charge is 0.376 e. The van der Waals surface area contributed by atoms with Crippen LogP contribution in [0.25, 0.3) is 0 Å². The molecule has 3 heteroatoms. The summed E-state index contributed by atoms with van der Waals surface area (Å²) in [5.41, 5.74) is 2.51. The van der Waals surface area contributed by atoms with Crippen LogP contribution in [-0.2, 0) is 17.9 Å². The number of hydrogen-bond donors (Lipinski definition) is 1. The van der Waals surface area contributed by atoms with Gasteiger partial charge in [-0.2, -0.15) is 0 Å². The first-order valence-electron chi connectivity index (χ1n) is 6.19. The average Bonchev–Trinajstić information content (AvgIpc) is 2.28. The summed E-state index contributed by atoms with van der Waals surface area (Å²) < 4.78 is 6.77. The summed E-state index contributed by atoms with van der Waals surface area (Å²) in [5.74, 6) is 0.585. The summed E-state index contributed by atoms with van der Waals surface area (Å²) in [7, 11) is 0. The van der Waals surface area contributed by atoms with Crippen LogP contribution in [0.2, 0.25) is 0 Å². The Morgan fingerprint density at radius 2 is 2.12 bits per heavy atom. The van der Waals surface area contributed by atoms with Gasteiger partial charge in [0.2, 0.25) is 0 Å². The summed E-state index contributed by atoms with van der Waals surface area (Å²) >= 11 is 3.60. The van der Waals surface area contributed by atoms with E-state index in [2.05, 4.69) is 60.2 Å². The van der Waals surface area contributed by atoms with Crippen molar-refractivity contribution >= 4 is 15.9 Å². The maximum Gasteiger partial charge on any atom is 0.0727 e. The summed E-state index contributed by atoms with van der Waals surface area (Å²) in [5, 5.41) is 3.32. The lowest BCUT2D eigenvalue weighted by atomic mass is 10.1. The number of benzene rings is 1. The van der Waals surface area contributed by atoms with Crippen molar-refractivity contribution in [2.75, 3.05) is 13.2 Å². The molecule has 0 saturated heterocycles. The highest BCUT2D eigenvalue weighted by atomic mass is 79.9. The lowest BCUT2D eigenvalue weighted by Crippen LogP contribution is -2.11. The van der Waals surface area contributed by atoms with Crippen LogP contribution in [0, 0.1) is 5.92 Å². The molecule has 17 heavy (non-hydrogen) atoms. The highest BCUT2D eigenvalue weighted by molar-refractivity contribution is 9.10. The fourth-order valence-corrected chi connectivity index (χ4v) is 2.03. The molecule has 1 aromatic rings. The molecule has 0 atom stereocenters. The third-order valence-electron chi connectivity index (χ3n) is 2.41. The van der Waals surface area contributed by atoms with E-state index in [0.717, 1.165) is 24.2 Å². The van der Waals surface area contributed by atoms with E-state index < -0.39 is 0 Å². The predicted octanol–water partition coefficient (Wildman–Crippen LogP) is 3.73. The minimum atomic E-state index is 0.585. The Morgan fingerprint density at radius 1 is 1.35 bits per heavy atom. The summed E-state index contributed by atoms with van der Waals surface area (Å²) in [6, 6.07) is 6.45. The first-order valence-corrected chi connectivity index (χ1v) is 6.98. The van der Waals surface area contributed by atoms with Gasteiger partial charge in [0.05, 0.1) is 6.61 Å². The number of hydrogen-bond acceptors (Lipinski definition) is 2. The first-order chi connectivity index (χ1) is 8.13. The minimum absolute atomic E-state index is 0.585. The fraction of sp³-hybridized carbons (Fsp3) is 0.571. The quantitative estimate of drug-likeness (QED) is 0.828. The molecule has 0 radical (unpaired) electrons. The average molecular weight is 300 g/mol. The Bertz CT molecular complexity index is 339. The molecule has 0 unspecified atom stereocenters. The number of ether oxygens (including phenoxy) is 1. The zero-order valence-electron chi connectivity index (χ0n) is 10.9. The molecule has 96 valence electrons. The molecule has 1 N–H and O–H groups in total. The van der Waals surface area contributed by atoms with Gasteiger partial charge >= 0.3 is 0 Å². The molecule has 0 aromatic heterocycles. The molecule has 0 aliphatic rings. The first kappa shape index (κ1) is 14.7. The molecule has 0 aliphatic carbocycles. The fourth-order valence-electron chi connectivity index (χ4n) is 1.49. The molecule has 0 spiro atoms. The smallest absolute Gasteiger partial charge is 0.0727 e. The predicted molar refractivity (Wildman–Crippen MR) is 76.0 cm³/mol. The van der Waals surface area contributed by atoms with E-state index in [0.29, 0.717) is 12.5 Å². The molecule has 0 bridgehead atoms. The van der Waals surface area contributed by atoms with E-state index in [1.807, 2.05) is 0 Å². The van der Waals surface area contributed by atoms with Gasteiger partial charge in [-0.05, 0) is 29.7 Å². The van der Waals surface area contributed by atoms with Gasteiger partial charge in [0.1, 0.15) is 0 Å². The second-order valence-electron chi connectivity index (χ2n) is 4.62. The molecular weight excluding hydrogens is 278 g/mol. The van der Waals surface area contributed by atoms with E-state index in [9.17, 15) is 0 Å².